The van der Waals surface area contributed by atoms with Crippen molar-refractivity contribution in [1.82, 2.24) is 15.2 Å². The van der Waals surface area contributed by atoms with Crippen molar-refractivity contribution >= 4 is 23.4 Å². The minimum atomic E-state index is -0.0408. The van der Waals surface area contributed by atoms with Crippen LogP contribution in [-0.2, 0) is 16.8 Å². The monoisotopic (exact) mass is 395 g/mol. The summed E-state index contributed by atoms with van der Waals surface area (Å²) in [6.45, 7) is 6.88. The molecule has 3 aromatic rings. The van der Waals surface area contributed by atoms with Gasteiger partial charge in [0, 0.05) is 16.1 Å². The van der Waals surface area contributed by atoms with Crippen LogP contribution in [0.3, 0.4) is 0 Å². The molecule has 0 aliphatic carbocycles. The fourth-order valence-corrected chi connectivity index (χ4v) is 3.31. The standard InChI is InChI=1S/C21H25N5OS/c1-21(2,3)15-6-10-17(11-7-15)28-13-19(27)23-16-8-4-14(5-9-16)20-24-18(12-22)25-26-20/h4-11H,12-13,22H2,1-3H3,(H,23,27)(H,24,25,26). The SMILES string of the molecule is CC(C)(C)c1ccc(SCC(=O)Nc2ccc(-c3n[nH]c(CN)n3)cc2)cc1. The highest BCUT2D eigenvalue weighted by Gasteiger charge is 2.13. The molecule has 0 spiro atoms. The zero-order chi connectivity index (χ0) is 20.1. The molecular formula is C21H25N5OS. The Morgan fingerprint density at radius 2 is 1.79 bits per heavy atom. The Morgan fingerprint density at radius 3 is 2.36 bits per heavy atom. The average molecular weight is 396 g/mol. The number of carbonyl (C=O) groups is 1. The summed E-state index contributed by atoms with van der Waals surface area (Å²) in [5.41, 5.74) is 8.55. The lowest BCUT2D eigenvalue weighted by atomic mass is 9.87. The van der Waals surface area contributed by atoms with Gasteiger partial charge in [0.15, 0.2) is 5.82 Å². The molecule has 3 rings (SSSR count). The molecule has 1 amide bonds. The molecule has 7 heteroatoms. The van der Waals surface area contributed by atoms with E-state index < -0.39 is 0 Å². The number of carbonyl (C=O) groups excluding carboxylic acids is 1. The van der Waals surface area contributed by atoms with E-state index in [9.17, 15) is 4.79 Å². The first-order valence-corrected chi connectivity index (χ1v) is 10.1. The van der Waals surface area contributed by atoms with Gasteiger partial charge in [-0.15, -0.1) is 11.8 Å². The van der Waals surface area contributed by atoms with E-state index in [0.29, 0.717) is 23.9 Å². The highest BCUT2D eigenvalue weighted by molar-refractivity contribution is 8.00. The van der Waals surface area contributed by atoms with Crippen molar-refractivity contribution in [2.24, 2.45) is 5.73 Å². The number of aromatic nitrogens is 3. The molecule has 0 fully saturated rings. The molecule has 2 aromatic carbocycles. The van der Waals surface area contributed by atoms with Gasteiger partial charge in [0.1, 0.15) is 5.82 Å². The first-order valence-electron chi connectivity index (χ1n) is 9.10. The molecule has 28 heavy (non-hydrogen) atoms. The second kappa shape index (κ2) is 8.58. The van der Waals surface area contributed by atoms with Crippen molar-refractivity contribution in [3.05, 3.63) is 59.9 Å². The number of amides is 1. The van der Waals surface area contributed by atoms with Crippen molar-refractivity contribution in [2.75, 3.05) is 11.1 Å². The van der Waals surface area contributed by atoms with E-state index in [0.717, 1.165) is 16.1 Å². The van der Waals surface area contributed by atoms with Gasteiger partial charge in [0.2, 0.25) is 5.91 Å². The Balaban J connectivity index is 1.53. The predicted molar refractivity (Wildman–Crippen MR) is 114 cm³/mol. The number of rotatable bonds is 6. The Hall–Kier alpha value is -2.64. The largest absolute Gasteiger partial charge is 0.325 e. The number of anilines is 1. The van der Waals surface area contributed by atoms with E-state index in [1.807, 2.05) is 24.3 Å². The highest BCUT2D eigenvalue weighted by Crippen LogP contribution is 2.26. The van der Waals surface area contributed by atoms with Gasteiger partial charge >= 0.3 is 0 Å². The third-order valence-electron chi connectivity index (χ3n) is 4.24. The van der Waals surface area contributed by atoms with E-state index in [1.165, 1.54) is 17.3 Å². The third-order valence-corrected chi connectivity index (χ3v) is 5.25. The normalized spacial score (nSPS) is 11.4. The maximum atomic E-state index is 12.2. The summed E-state index contributed by atoms with van der Waals surface area (Å²) < 4.78 is 0. The molecule has 0 saturated heterocycles. The van der Waals surface area contributed by atoms with E-state index in [1.54, 1.807) is 0 Å². The molecule has 0 bridgehead atoms. The van der Waals surface area contributed by atoms with Crippen molar-refractivity contribution in [3.63, 3.8) is 0 Å². The van der Waals surface area contributed by atoms with Crippen LogP contribution in [0.5, 0.6) is 0 Å². The van der Waals surface area contributed by atoms with Crippen LogP contribution in [0.15, 0.2) is 53.4 Å². The fraction of sp³-hybridized carbons (Fsp3) is 0.286. The Kier molecular flexibility index (Phi) is 6.16. The molecule has 4 N–H and O–H groups in total. The van der Waals surface area contributed by atoms with Crippen LogP contribution in [0.25, 0.3) is 11.4 Å². The Bertz CT molecular complexity index is 927. The van der Waals surface area contributed by atoms with Gasteiger partial charge in [-0.1, -0.05) is 32.9 Å². The highest BCUT2D eigenvalue weighted by atomic mass is 32.2. The summed E-state index contributed by atoms with van der Waals surface area (Å²) in [7, 11) is 0. The van der Waals surface area contributed by atoms with Crippen LogP contribution in [0.2, 0.25) is 0 Å². The zero-order valence-electron chi connectivity index (χ0n) is 16.3. The summed E-state index contributed by atoms with van der Waals surface area (Å²) in [5, 5.41) is 9.83. The van der Waals surface area contributed by atoms with E-state index in [-0.39, 0.29) is 11.3 Å². The van der Waals surface area contributed by atoms with Crippen LogP contribution in [-0.4, -0.2) is 26.8 Å². The topological polar surface area (TPSA) is 96.7 Å². The van der Waals surface area contributed by atoms with Crippen molar-refractivity contribution < 1.29 is 4.79 Å². The molecule has 6 nitrogen and oxygen atoms in total. The van der Waals surface area contributed by atoms with Gasteiger partial charge < -0.3 is 11.1 Å². The summed E-state index contributed by atoms with van der Waals surface area (Å²) in [4.78, 5) is 17.6. The summed E-state index contributed by atoms with van der Waals surface area (Å²) in [5.74, 6) is 1.55. The molecule has 1 heterocycles. The number of H-pyrrole nitrogens is 1. The molecule has 0 radical (unpaired) electrons. The average Bonchev–Trinajstić information content (AvgIpc) is 3.16. The lowest BCUT2D eigenvalue weighted by Crippen LogP contribution is -2.14. The number of thioether (sulfide) groups is 1. The van der Waals surface area contributed by atoms with E-state index in [4.69, 9.17) is 5.73 Å². The lowest BCUT2D eigenvalue weighted by molar-refractivity contribution is -0.113. The van der Waals surface area contributed by atoms with Crippen LogP contribution in [0, 0.1) is 0 Å². The Labute approximate surface area is 169 Å². The van der Waals surface area contributed by atoms with Crippen LogP contribution < -0.4 is 11.1 Å². The maximum absolute atomic E-state index is 12.2. The smallest absolute Gasteiger partial charge is 0.234 e. The summed E-state index contributed by atoms with van der Waals surface area (Å²) >= 11 is 1.52. The van der Waals surface area contributed by atoms with Gasteiger partial charge in [-0.25, -0.2) is 4.98 Å². The second-order valence-corrected chi connectivity index (χ2v) is 8.55. The molecule has 0 atom stereocenters. The number of nitrogens with two attached hydrogens (primary N) is 1. The Morgan fingerprint density at radius 1 is 1.11 bits per heavy atom. The fourth-order valence-electron chi connectivity index (χ4n) is 2.62. The number of aromatic amines is 1. The molecule has 1 aromatic heterocycles. The number of hydrogen-bond acceptors (Lipinski definition) is 5. The van der Waals surface area contributed by atoms with Gasteiger partial charge in [-0.05, 0) is 47.4 Å². The van der Waals surface area contributed by atoms with Gasteiger partial charge in [-0.2, -0.15) is 5.10 Å². The van der Waals surface area contributed by atoms with E-state index >= 15 is 0 Å². The minimum Gasteiger partial charge on any atom is -0.325 e. The van der Waals surface area contributed by atoms with Crippen LogP contribution >= 0.6 is 11.8 Å². The second-order valence-electron chi connectivity index (χ2n) is 7.50. The summed E-state index contributed by atoms with van der Waals surface area (Å²) in [6.07, 6.45) is 0. The lowest BCUT2D eigenvalue weighted by Gasteiger charge is -2.19. The number of hydrogen-bond donors (Lipinski definition) is 3. The van der Waals surface area contributed by atoms with Crippen LogP contribution in [0.4, 0.5) is 5.69 Å². The quantitative estimate of drug-likeness (QED) is 0.549. The zero-order valence-corrected chi connectivity index (χ0v) is 17.1. The van der Waals surface area contributed by atoms with Crippen molar-refractivity contribution in [3.8, 4) is 11.4 Å². The van der Waals surface area contributed by atoms with Crippen LogP contribution in [0.1, 0.15) is 32.2 Å². The van der Waals surface area contributed by atoms with Crippen molar-refractivity contribution in [1.29, 1.82) is 0 Å². The predicted octanol–water partition coefficient (Wildman–Crippen LogP) is 3.96. The molecule has 0 aliphatic rings. The van der Waals surface area contributed by atoms with Crippen molar-refractivity contribution in [2.45, 2.75) is 37.6 Å². The first-order chi connectivity index (χ1) is 13.3. The summed E-state index contributed by atoms with van der Waals surface area (Å²) in [6, 6.07) is 15.8. The third kappa shape index (κ3) is 5.21. The van der Waals surface area contributed by atoms with E-state index in [2.05, 4.69) is 65.5 Å². The molecule has 0 aliphatic heterocycles. The maximum Gasteiger partial charge on any atom is 0.234 e. The molecular weight excluding hydrogens is 370 g/mol. The first kappa shape index (κ1) is 20.1. The molecule has 0 unspecified atom stereocenters. The minimum absolute atomic E-state index is 0.0408. The van der Waals surface area contributed by atoms with Gasteiger partial charge in [0.25, 0.3) is 0 Å². The molecule has 146 valence electrons. The van der Waals surface area contributed by atoms with Gasteiger partial charge in [-0.3, -0.25) is 9.89 Å². The number of nitrogens with one attached hydrogen (secondary N) is 2. The van der Waals surface area contributed by atoms with Gasteiger partial charge in [0.05, 0.1) is 12.3 Å². The molecule has 0 saturated carbocycles. The number of benzene rings is 2. The number of nitrogens with zero attached hydrogens (tertiary/aromatic N) is 2.